The zero-order valence-corrected chi connectivity index (χ0v) is 11.7. The molecule has 2 atom stereocenters. The average Bonchev–Trinajstić information content (AvgIpc) is 2.37. The van der Waals surface area contributed by atoms with Crippen molar-refractivity contribution in [3.05, 3.63) is 0 Å². The van der Waals surface area contributed by atoms with Crippen LogP contribution >= 0.6 is 0 Å². The summed E-state index contributed by atoms with van der Waals surface area (Å²) < 4.78 is 0. The van der Waals surface area contributed by atoms with Gasteiger partial charge in [-0.2, -0.15) is 0 Å². The molecule has 1 saturated heterocycles. The summed E-state index contributed by atoms with van der Waals surface area (Å²) in [4.78, 5) is 16.2. The van der Waals surface area contributed by atoms with E-state index in [-0.39, 0.29) is 5.91 Å². The Labute approximate surface area is 105 Å². The molecule has 0 aromatic rings. The van der Waals surface area contributed by atoms with E-state index in [1.165, 1.54) is 0 Å². The Morgan fingerprint density at radius 1 is 1.35 bits per heavy atom. The summed E-state index contributed by atoms with van der Waals surface area (Å²) >= 11 is 0. The maximum atomic E-state index is 12.1. The summed E-state index contributed by atoms with van der Waals surface area (Å²) in [6, 6.07) is 0.465. The molecule has 17 heavy (non-hydrogen) atoms. The van der Waals surface area contributed by atoms with Crippen molar-refractivity contribution >= 4 is 5.91 Å². The highest BCUT2D eigenvalue weighted by molar-refractivity contribution is 5.78. The monoisotopic (exact) mass is 241 g/mol. The van der Waals surface area contributed by atoms with E-state index in [4.69, 9.17) is 0 Å². The highest BCUT2D eigenvalue weighted by Gasteiger charge is 2.21. The van der Waals surface area contributed by atoms with Gasteiger partial charge in [0, 0.05) is 32.2 Å². The van der Waals surface area contributed by atoms with Gasteiger partial charge in [0.2, 0.25) is 5.91 Å². The second kappa shape index (κ2) is 6.97. The third kappa shape index (κ3) is 4.28. The molecule has 0 spiro atoms. The second-order valence-electron chi connectivity index (χ2n) is 5.17. The normalized spacial score (nSPS) is 20.4. The van der Waals surface area contributed by atoms with Crippen LogP contribution in [0.5, 0.6) is 0 Å². The number of amides is 1. The van der Waals surface area contributed by atoms with E-state index in [1.807, 2.05) is 4.90 Å². The van der Waals surface area contributed by atoms with Crippen LogP contribution in [0.4, 0.5) is 0 Å². The SMILES string of the molecule is CCC(C)C(C)N(C)CC(=O)N1CCNCC1. The van der Waals surface area contributed by atoms with Gasteiger partial charge in [0.05, 0.1) is 6.54 Å². The van der Waals surface area contributed by atoms with Gasteiger partial charge in [0.1, 0.15) is 0 Å². The first-order chi connectivity index (χ1) is 8.06. The first kappa shape index (κ1) is 14.5. The van der Waals surface area contributed by atoms with Crippen LogP contribution in [0, 0.1) is 5.92 Å². The molecule has 0 aromatic carbocycles. The first-order valence-corrected chi connectivity index (χ1v) is 6.75. The molecular weight excluding hydrogens is 214 g/mol. The van der Waals surface area contributed by atoms with Gasteiger partial charge >= 0.3 is 0 Å². The lowest BCUT2D eigenvalue weighted by Gasteiger charge is -2.33. The Morgan fingerprint density at radius 3 is 2.47 bits per heavy atom. The fourth-order valence-corrected chi connectivity index (χ4v) is 2.15. The van der Waals surface area contributed by atoms with Crippen LogP contribution in [0.25, 0.3) is 0 Å². The van der Waals surface area contributed by atoms with E-state index in [9.17, 15) is 4.79 Å². The zero-order chi connectivity index (χ0) is 12.8. The molecule has 1 N–H and O–H groups in total. The minimum absolute atomic E-state index is 0.268. The molecular formula is C13H27N3O. The average molecular weight is 241 g/mol. The van der Waals surface area contributed by atoms with Gasteiger partial charge in [0.15, 0.2) is 0 Å². The van der Waals surface area contributed by atoms with Crippen LogP contribution in [-0.2, 0) is 4.79 Å². The quantitative estimate of drug-likeness (QED) is 0.773. The van der Waals surface area contributed by atoms with E-state index in [0.29, 0.717) is 18.5 Å². The van der Waals surface area contributed by atoms with Crippen molar-refractivity contribution in [1.82, 2.24) is 15.1 Å². The van der Waals surface area contributed by atoms with Crippen LogP contribution in [0.1, 0.15) is 27.2 Å². The molecule has 0 aliphatic carbocycles. The summed E-state index contributed by atoms with van der Waals surface area (Å²) in [5.74, 6) is 0.903. The number of likely N-dealkylation sites (N-methyl/N-ethyl adjacent to an activating group) is 1. The molecule has 2 unspecified atom stereocenters. The smallest absolute Gasteiger partial charge is 0.236 e. The number of carbonyl (C=O) groups excluding carboxylic acids is 1. The zero-order valence-electron chi connectivity index (χ0n) is 11.7. The molecule has 0 saturated carbocycles. The lowest BCUT2D eigenvalue weighted by molar-refractivity contribution is -0.133. The second-order valence-corrected chi connectivity index (χ2v) is 5.17. The molecule has 0 bridgehead atoms. The van der Waals surface area contributed by atoms with Crippen LogP contribution in [0.2, 0.25) is 0 Å². The van der Waals surface area contributed by atoms with Crippen molar-refractivity contribution < 1.29 is 4.79 Å². The predicted octanol–water partition coefficient (Wildman–Crippen LogP) is 0.785. The summed E-state index contributed by atoms with van der Waals surface area (Å²) in [7, 11) is 2.05. The highest BCUT2D eigenvalue weighted by Crippen LogP contribution is 2.12. The molecule has 0 aromatic heterocycles. The van der Waals surface area contributed by atoms with Crippen molar-refractivity contribution in [2.45, 2.75) is 33.2 Å². The lowest BCUT2D eigenvalue weighted by Crippen LogP contribution is -2.50. The van der Waals surface area contributed by atoms with Crippen LogP contribution in [-0.4, -0.2) is 61.5 Å². The van der Waals surface area contributed by atoms with Gasteiger partial charge in [-0.1, -0.05) is 20.3 Å². The van der Waals surface area contributed by atoms with Crippen molar-refractivity contribution in [2.75, 3.05) is 39.8 Å². The summed E-state index contributed by atoms with van der Waals surface area (Å²) in [5.41, 5.74) is 0. The molecule has 1 rings (SSSR count). The van der Waals surface area contributed by atoms with Crippen molar-refractivity contribution in [2.24, 2.45) is 5.92 Å². The minimum Gasteiger partial charge on any atom is -0.339 e. The Hall–Kier alpha value is -0.610. The fourth-order valence-electron chi connectivity index (χ4n) is 2.15. The molecule has 1 fully saturated rings. The van der Waals surface area contributed by atoms with Gasteiger partial charge in [-0.15, -0.1) is 0 Å². The number of rotatable bonds is 5. The first-order valence-electron chi connectivity index (χ1n) is 6.75. The predicted molar refractivity (Wildman–Crippen MR) is 71.0 cm³/mol. The number of nitrogens with zero attached hydrogens (tertiary/aromatic N) is 2. The maximum absolute atomic E-state index is 12.1. The van der Waals surface area contributed by atoms with Crippen LogP contribution < -0.4 is 5.32 Å². The number of hydrogen-bond donors (Lipinski definition) is 1. The fraction of sp³-hybridized carbons (Fsp3) is 0.923. The van der Waals surface area contributed by atoms with Gasteiger partial charge in [-0.05, 0) is 19.9 Å². The minimum atomic E-state index is 0.268. The third-order valence-electron chi connectivity index (χ3n) is 4.02. The number of hydrogen-bond acceptors (Lipinski definition) is 3. The van der Waals surface area contributed by atoms with Gasteiger partial charge in [0.25, 0.3) is 0 Å². The molecule has 4 nitrogen and oxygen atoms in total. The van der Waals surface area contributed by atoms with Crippen LogP contribution in [0.3, 0.4) is 0 Å². The third-order valence-corrected chi connectivity index (χ3v) is 4.02. The highest BCUT2D eigenvalue weighted by atomic mass is 16.2. The van der Waals surface area contributed by atoms with Crippen molar-refractivity contribution in [3.63, 3.8) is 0 Å². The van der Waals surface area contributed by atoms with Crippen molar-refractivity contribution in [1.29, 1.82) is 0 Å². The van der Waals surface area contributed by atoms with E-state index in [1.54, 1.807) is 0 Å². The van der Waals surface area contributed by atoms with Crippen molar-refractivity contribution in [3.8, 4) is 0 Å². The molecule has 4 heteroatoms. The number of carbonyl (C=O) groups is 1. The standard InChI is InChI=1S/C13H27N3O/c1-5-11(2)12(3)15(4)10-13(17)16-8-6-14-7-9-16/h11-12,14H,5-10H2,1-4H3. The molecule has 0 radical (unpaired) electrons. The molecule has 1 aliphatic heterocycles. The van der Waals surface area contributed by atoms with E-state index >= 15 is 0 Å². The number of nitrogens with one attached hydrogen (secondary N) is 1. The number of piperazine rings is 1. The van der Waals surface area contributed by atoms with E-state index in [0.717, 1.165) is 32.6 Å². The lowest BCUT2D eigenvalue weighted by atomic mass is 10.00. The Balaban J connectivity index is 2.38. The largest absolute Gasteiger partial charge is 0.339 e. The van der Waals surface area contributed by atoms with Gasteiger partial charge in [-0.3, -0.25) is 9.69 Å². The molecule has 1 amide bonds. The Bertz CT molecular complexity index is 239. The van der Waals surface area contributed by atoms with E-state index in [2.05, 4.69) is 38.0 Å². The van der Waals surface area contributed by atoms with Gasteiger partial charge in [-0.25, -0.2) is 0 Å². The molecule has 1 aliphatic rings. The van der Waals surface area contributed by atoms with Gasteiger partial charge < -0.3 is 10.2 Å². The van der Waals surface area contributed by atoms with Crippen LogP contribution in [0.15, 0.2) is 0 Å². The summed E-state index contributed by atoms with van der Waals surface area (Å²) in [5, 5.41) is 3.27. The summed E-state index contributed by atoms with van der Waals surface area (Å²) in [6.45, 7) is 10.8. The molecule has 100 valence electrons. The topological polar surface area (TPSA) is 35.6 Å². The van der Waals surface area contributed by atoms with E-state index < -0.39 is 0 Å². The maximum Gasteiger partial charge on any atom is 0.236 e. The molecule has 1 heterocycles. The Morgan fingerprint density at radius 2 is 1.94 bits per heavy atom. The Kier molecular flexibility index (Phi) is 5.92. The summed E-state index contributed by atoms with van der Waals surface area (Å²) in [6.07, 6.45) is 1.16.